The van der Waals surface area contributed by atoms with Crippen molar-refractivity contribution in [2.75, 3.05) is 6.54 Å². The molecule has 3 heteroatoms. The van der Waals surface area contributed by atoms with Crippen LogP contribution in [0, 0.1) is 11.3 Å². The molecule has 0 bridgehead atoms. The molecule has 0 aromatic heterocycles. The van der Waals surface area contributed by atoms with Gasteiger partial charge in [-0.3, -0.25) is 4.79 Å². The van der Waals surface area contributed by atoms with Crippen molar-refractivity contribution in [3.05, 3.63) is 0 Å². The van der Waals surface area contributed by atoms with Gasteiger partial charge in [-0.15, -0.1) is 0 Å². The van der Waals surface area contributed by atoms with Gasteiger partial charge in [-0.25, -0.2) is 0 Å². The average molecular weight is 180 g/mol. The maximum Gasteiger partial charge on any atom is 0.220 e. The number of nitrogens with two attached hydrogens (primary N) is 1. The number of hydrogen-bond donors (Lipinski definition) is 2. The molecule has 3 fully saturated rings. The number of rotatable bonds is 1. The fraction of sp³-hybridized carbons (Fsp3) is 0.900. The molecule has 2 saturated carbocycles. The van der Waals surface area contributed by atoms with E-state index in [1.54, 1.807) is 0 Å². The van der Waals surface area contributed by atoms with Gasteiger partial charge in [0.25, 0.3) is 0 Å². The summed E-state index contributed by atoms with van der Waals surface area (Å²) in [6.07, 6.45) is 5.91. The molecule has 3 nitrogen and oxygen atoms in total. The summed E-state index contributed by atoms with van der Waals surface area (Å²) in [5, 5.41) is 3.54. The first-order chi connectivity index (χ1) is 6.18. The lowest BCUT2D eigenvalue weighted by Gasteiger charge is -2.33. The van der Waals surface area contributed by atoms with Gasteiger partial charge in [-0.05, 0) is 44.1 Å². The van der Waals surface area contributed by atoms with Crippen LogP contribution in [0.5, 0.6) is 0 Å². The van der Waals surface area contributed by atoms with Crippen LogP contribution in [0.15, 0.2) is 0 Å². The zero-order valence-corrected chi connectivity index (χ0v) is 7.81. The van der Waals surface area contributed by atoms with Gasteiger partial charge in [-0.1, -0.05) is 0 Å². The Hall–Kier alpha value is -0.570. The molecule has 2 aliphatic carbocycles. The van der Waals surface area contributed by atoms with E-state index in [2.05, 4.69) is 5.32 Å². The Kier molecular flexibility index (Phi) is 1.25. The summed E-state index contributed by atoms with van der Waals surface area (Å²) in [6.45, 7) is 1.17. The van der Waals surface area contributed by atoms with Crippen molar-refractivity contribution < 1.29 is 4.79 Å². The van der Waals surface area contributed by atoms with Crippen LogP contribution in [-0.4, -0.2) is 18.0 Å². The SMILES string of the molecule is NC(=O)C1CCC2(C1)CC21CCN1. The number of primary amides is 1. The lowest BCUT2D eigenvalue weighted by Crippen LogP contribution is -2.49. The molecule has 3 aliphatic rings. The summed E-state index contributed by atoms with van der Waals surface area (Å²) >= 11 is 0. The van der Waals surface area contributed by atoms with E-state index >= 15 is 0 Å². The van der Waals surface area contributed by atoms with Gasteiger partial charge in [-0.2, -0.15) is 0 Å². The van der Waals surface area contributed by atoms with Crippen molar-refractivity contribution in [1.29, 1.82) is 0 Å². The summed E-state index contributed by atoms with van der Waals surface area (Å²) in [6, 6.07) is 0. The van der Waals surface area contributed by atoms with Gasteiger partial charge in [0.1, 0.15) is 0 Å². The minimum absolute atomic E-state index is 0.0850. The van der Waals surface area contributed by atoms with Crippen LogP contribution in [0.4, 0.5) is 0 Å². The Labute approximate surface area is 78.1 Å². The molecule has 1 aliphatic heterocycles. The molecule has 0 radical (unpaired) electrons. The van der Waals surface area contributed by atoms with Crippen molar-refractivity contribution in [3.63, 3.8) is 0 Å². The third-order valence-corrected chi connectivity index (χ3v) is 4.56. The molecule has 1 amide bonds. The Morgan fingerprint density at radius 3 is 2.62 bits per heavy atom. The third kappa shape index (κ3) is 0.810. The van der Waals surface area contributed by atoms with E-state index in [4.69, 9.17) is 5.73 Å². The van der Waals surface area contributed by atoms with Crippen molar-refractivity contribution in [2.24, 2.45) is 17.1 Å². The fourth-order valence-corrected chi connectivity index (χ4v) is 3.53. The molecule has 3 rings (SSSR count). The number of fused-ring (bicyclic) bond motifs is 1. The molecule has 3 unspecified atom stereocenters. The Bertz CT molecular complexity index is 272. The summed E-state index contributed by atoms with van der Waals surface area (Å²) in [7, 11) is 0. The lowest BCUT2D eigenvalue weighted by atomic mass is 9.89. The number of carbonyl (C=O) groups is 1. The first kappa shape index (κ1) is 7.80. The second-order valence-electron chi connectivity index (χ2n) is 5.06. The van der Waals surface area contributed by atoms with Gasteiger partial charge in [0.15, 0.2) is 0 Å². The van der Waals surface area contributed by atoms with Crippen LogP contribution in [0.25, 0.3) is 0 Å². The number of hydrogen-bond acceptors (Lipinski definition) is 2. The first-order valence-corrected chi connectivity index (χ1v) is 5.22. The highest BCUT2D eigenvalue weighted by Gasteiger charge is 2.71. The summed E-state index contributed by atoms with van der Waals surface area (Å²) in [5.41, 5.74) is 6.27. The molecule has 72 valence electrons. The minimum Gasteiger partial charge on any atom is -0.369 e. The van der Waals surface area contributed by atoms with Crippen molar-refractivity contribution in [1.82, 2.24) is 5.32 Å². The van der Waals surface area contributed by atoms with E-state index in [0.29, 0.717) is 11.0 Å². The van der Waals surface area contributed by atoms with Gasteiger partial charge in [0.05, 0.1) is 0 Å². The Balaban J connectivity index is 1.73. The van der Waals surface area contributed by atoms with Gasteiger partial charge >= 0.3 is 0 Å². The summed E-state index contributed by atoms with van der Waals surface area (Å²) in [4.78, 5) is 11.0. The highest BCUT2D eigenvalue weighted by atomic mass is 16.1. The smallest absolute Gasteiger partial charge is 0.220 e. The zero-order valence-electron chi connectivity index (χ0n) is 7.81. The van der Waals surface area contributed by atoms with E-state index in [1.165, 1.54) is 25.8 Å². The monoisotopic (exact) mass is 180 g/mol. The Morgan fingerprint density at radius 1 is 1.46 bits per heavy atom. The Morgan fingerprint density at radius 2 is 2.23 bits per heavy atom. The predicted octanol–water partition coefficient (Wildman–Crippen LogP) is 0.394. The minimum atomic E-state index is -0.0850. The van der Waals surface area contributed by atoms with Crippen LogP contribution >= 0.6 is 0 Å². The van der Waals surface area contributed by atoms with Gasteiger partial charge < -0.3 is 11.1 Å². The van der Waals surface area contributed by atoms with E-state index in [0.717, 1.165) is 12.8 Å². The highest BCUT2D eigenvalue weighted by molar-refractivity contribution is 5.77. The van der Waals surface area contributed by atoms with Crippen molar-refractivity contribution in [2.45, 2.75) is 37.6 Å². The van der Waals surface area contributed by atoms with Crippen LogP contribution in [0.3, 0.4) is 0 Å². The second-order valence-corrected chi connectivity index (χ2v) is 5.06. The summed E-state index contributed by atoms with van der Waals surface area (Å²) < 4.78 is 0. The van der Waals surface area contributed by atoms with Crippen LogP contribution in [0.1, 0.15) is 32.1 Å². The largest absolute Gasteiger partial charge is 0.369 e. The van der Waals surface area contributed by atoms with Gasteiger partial charge in [0, 0.05) is 11.5 Å². The normalized spacial score (nSPS) is 52.5. The van der Waals surface area contributed by atoms with E-state index in [-0.39, 0.29) is 11.8 Å². The van der Waals surface area contributed by atoms with Crippen LogP contribution in [0.2, 0.25) is 0 Å². The lowest BCUT2D eigenvalue weighted by molar-refractivity contribution is -0.121. The quantitative estimate of drug-likeness (QED) is 0.613. The molecule has 1 heterocycles. The zero-order chi connectivity index (χ0) is 9.10. The van der Waals surface area contributed by atoms with Crippen molar-refractivity contribution >= 4 is 5.91 Å². The predicted molar refractivity (Wildman–Crippen MR) is 48.9 cm³/mol. The highest BCUT2D eigenvalue weighted by Crippen LogP contribution is 2.70. The molecular formula is C10H16N2O. The number of nitrogens with one attached hydrogen (secondary N) is 1. The maximum absolute atomic E-state index is 11.0. The van der Waals surface area contributed by atoms with E-state index in [1.807, 2.05) is 0 Å². The third-order valence-electron chi connectivity index (χ3n) is 4.56. The van der Waals surface area contributed by atoms with Gasteiger partial charge in [0.2, 0.25) is 5.91 Å². The molecular weight excluding hydrogens is 164 g/mol. The van der Waals surface area contributed by atoms with Crippen LogP contribution in [-0.2, 0) is 4.79 Å². The van der Waals surface area contributed by atoms with Crippen LogP contribution < -0.4 is 11.1 Å². The maximum atomic E-state index is 11.0. The number of amides is 1. The van der Waals surface area contributed by atoms with E-state index < -0.39 is 0 Å². The second kappa shape index (κ2) is 2.08. The van der Waals surface area contributed by atoms with Crippen molar-refractivity contribution in [3.8, 4) is 0 Å². The topological polar surface area (TPSA) is 55.1 Å². The molecule has 2 spiro atoms. The summed E-state index contributed by atoms with van der Waals surface area (Å²) in [5.74, 6) is 0.0834. The first-order valence-electron chi connectivity index (χ1n) is 5.22. The standard InChI is InChI=1S/C10H16N2O/c11-8(13)7-1-2-9(5-7)6-10(9)3-4-12-10/h7,12H,1-6H2,(H2,11,13). The fourth-order valence-electron chi connectivity index (χ4n) is 3.53. The number of carbonyl (C=O) groups excluding carboxylic acids is 1. The molecule has 1 saturated heterocycles. The molecule has 0 aromatic rings. The molecule has 13 heavy (non-hydrogen) atoms. The van der Waals surface area contributed by atoms with E-state index in [9.17, 15) is 4.79 Å². The average Bonchev–Trinajstić information content (AvgIpc) is 2.44. The molecule has 0 aromatic carbocycles. The molecule has 3 atom stereocenters. The molecule has 3 N–H and O–H groups in total.